The summed E-state index contributed by atoms with van der Waals surface area (Å²) < 4.78 is 0. The number of likely N-dealkylation sites (tertiary alicyclic amines) is 1. The third-order valence-corrected chi connectivity index (χ3v) is 9.01. The van der Waals surface area contributed by atoms with Crippen molar-refractivity contribution < 1.29 is 29.4 Å². The standard InChI is InChI=1S/C32H47N5O6S/c1-20(22-12-14-23(15-13-22)27-21(2)33-19-44-27)34-29(40)25-17-24(38)18-37(25)30(41)28(32(3,4)5)35-26(39)11-9-7-8-10-16-36(6)31(42)43/h12-15,19-20,24-25,28,38H,7-11,16-18H2,1-6H3,(H,34,40)(H,35,39)(H,42,43)/t20-,24+,25-,28+/m0/s1. The van der Waals surface area contributed by atoms with E-state index in [0.717, 1.165) is 34.5 Å². The highest BCUT2D eigenvalue weighted by atomic mass is 32.1. The molecule has 0 aliphatic carbocycles. The van der Waals surface area contributed by atoms with Crippen LogP contribution >= 0.6 is 11.3 Å². The van der Waals surface area contributed by atoms with Gasteiger partial charge in [-0.15, -0.1) is 11.3 Å². The first-order valence-electron chi connectivity index (χ1n) is 15.2. The number of benzene rings is 1. The zero-order valence-electron chi connectivity index (χ0n) is 26.6. The molecular formula is C32H47N5O6S. The summed E-state index contributed by atoms with van der Waals surface area (Å²) in [5, 5.41) is 25.3. The molecule has 0 radical (unpaired) electrons. The molecule has 1 saturated heterocycles. The quantitative estimate of drug-likeness (QED) is 0.241. The van der Waals surface area contributed by atoms with E-state index < -0.39 is 35.6 Å². The Labute approximate surface area is 264 Å². The number of carboxylic acid groups (broad SMARTS) is 1. The van der Waals surface area contributed by atoms with E-state index >= 15 is 0 Å². The summed E-state index contributed by atoms with van der Waals surface area (Å²) in [6.45, 7) is 9.88. The van der Waals surface area contributed by atoms with E-state index in [2.05, 4.69) is 15.6 Å². The molecule has 1 aromatic heterocycles. The van der Waals surface area contributed by atoms with E-state index in [-0.39, 0.29) is 37.2 Å². The Morgan fingerprint density at radius 3 is 2.34 bits per heavy atom. The lowest BCUT2D eigenvalue weighted by Gasteiger charge is -2.35. The number of aliphatic hydroxyl groups excluding tert-OH is 1. The highest BCUT2D eigenvalue weighted by molar-refractivity contribution is 7.13. The maximum atomic E-state index is 13.8. The molecule has 1 fully saturated rings. The summed E-state index contributed by atoms with van der Waals surface area (Å²) in [6, 6.07) is 5.88. The first kappa shape index (κ1) is 35.0. The predicted molar refractivity (Wildman–Crippen MR) is 170 cm³/mol. The summed E-state index contributed by atoms with van der Waals surface area (Å²) in [5.74, 6) is -0.999. The molecule has 44 heavy (non-hydrogen) atoms. The molecule has 1 aromatic carbocycles. The van der Waals surface area contributed by atoms with Crippen LogP contribution in [0.25, 0.3) is 10.4 Å². The smallest absolute Gasteiger partial charge is 0.407 e. The Kier molecular flexibility index (Phi) is 12.3. The molecule has 12 heteroatoms. The van der Waals surface area contributed by atoms with Crippen LogP contribution in [0.4, 0.5) is 4.79 Å². The number of amides is 4. The second-order valence-electron chi connectivity index (χ2n) is 12.7. The van der Waals surface area contributed by atoms with Gasteiger partial charge in [-0.2, -0.15) is 0 Å². The van der Waals surface area contributed by atoms with Crippen molar-refractivity contribution in [1.82, 2.24) is 25.4 Å². The molecule has 2 heterocycles. The van der Waals surface area contributed by atoms with E-state index in [4.69, 9.17) is 5.11 Å². The summed E-state index contributed by atoms with van der Waals surface area (Å²) in [4.78, 5) is 59.0. The van der Waals surface area contributed by atoms with Crippen LogP contribution in [0, 0.1) is 12.3 Å². The van der Waals surface area contributed by atoms with E-state index in [9.17, 15) is 24.3 Å². The normalized spacial score (nSPS) is 18.0. The zero-order chi connectivity index (χ0) is 32.6. The number of hydrogen-bond donors (Lipinski definition) is 4. The number of nitrogens with zero attached hydrogens (tertiary/aromatic N) is 3. The van der Waals surface area contributed by atoms with Gasteiger partial charge in [-0.05, 0) is 43.2 Å². The van der Waals surface area contributed by atoms with Crippen molar-refractivity contribution in [2.75, 3.05) is 20.1 Å². The van der Waals surface area contributed by atoms with Gasteiger partial charge < -0.3 is 30.6 Å². The number of carbonyl (C=O) groups is 4. The minimum atomic E-state index is -0.963. The van der Waals surface area contributed by atoms with Gasteiger partial charge in [0.15, 0.2) is 0 Å². The minimum absolute atomic E-state index is 0.0153. The first-order valence-corrected chi connectivity index (χ1v) is 16.1. The Hall–Kier alpha value is -3.51. The molecule has 3 rings (SSSR count). The Morgan fingerprint density at radius 2 is 1.75 bits per heavy atom. The van der Waals surface area contributed by atoms with Crippen LogP contribution < -0.4 is 10.6 Å². The molecule has 0 bridgehead atoms. The molecule has 4 amide bonds. The molecule has 2 aromatic rings. The average molecular weight is 630 g/mol. The lowest BCUT2D eigenvalue weighted by molar-refractivity contribution is -0.144. The zero-order valence-corrected chi connectivity index (χ0v) is 27.4. The van der Waals surface area contributed by atoms with E-state index in [0.29, 0.717) is 19.4 Å². The number of nitrogens with one attached hydrogen (secondary N) is 2. The van der Waals surface area contributed by atoms with Crippen LogP contribution in [0.1, 0.15) is 83.5 Å². The van der Waals surface area contributed by atoms with Gasteiger partial charge in [0, 0.05) is 33.0 Å². The number of aryl methyl sites for hydroxylation is 1. The fourth-order valence-electron chi connectivity index (χ4n) is 5.33. The fraction of sp³-hybridized carbons (Fsp3) is 0.594. The minimum Gasteiger partial charge on any atom is -0.465 e. The molecule has 4 N–H and O–H groups in total. The molecular weight excluding hydrogens is 582 g/mol. The fourth-order valence-corrected chi connectivity index (χ4v) is 6.14. The number of thiazole rings is 1. The lowest BCUT2D eigenvalue weighted by atomic mass is 9.85. The number of hydrogen-bond acceptors (Lipinski definition) is 7. The van der Waals surface area contributed by atoms with Gasteiger partial charge in [-0.3, -0.25) is 14.4 Å². The van der Waals surface area contributed by atoms with Gasteiger partial charge in [0.25, 0.3) is 0 Å². The second kappa shape index (κ2) is 15.5. The number of β-amino-alcohol motifs (C(OH)–C–C–N with tert-alkyl or cyclic N) is 1. The first-order chi connectivity index (χ1) is 20.7. The number of unbranched alkanes of at least 4 members (excludes halogenated alkanes) is 3. The molecule has 1 aliphatic heterocycles. The molecule has 4 atom stereocenters. The average Bonchev–Trinajstić information content (AvgIpc) is 3.57. The summed E-state index contributed by atoms with van der Waals surface area (Å²) in [5.41, 5.74) is 4.12. The number of aliphatic hydroxyl groups is 1. The van der Waals surface area contributed by atoms with Crippen LogP contribution in [-0.2, 0) is 14.4 Å². The highest BCUT2D eigenvalue weighted by Crippen LogP contribution is 2.29. The number of rotatable bonds is 13. The predicted octanol–water partition coefficient (Wildman–Crippen LogP) is 4.35. The van der Waals surface area contributed by atoms with Crippen molar-refractivity contribution in [3.63, 3.8) is 0 Å². The van der Waals surface area contributed by atoms with Crippen molar-refractivity contribution >= 4 is 35.2 Å². The monoisotopic (exact) mass is 629 g/mol. The Bertz CT molecular complexity index is 1290. The Morgan fingerprint density at radius 1 is 1.09 bits per heavy atom. The molecule has 0 spiro atoms. The molecule has 11 nitrogen and oxygen atoms in total. The van der Waals surface area contributed by atoms with Crippen molar-refractivity contribution in [1.29, 1.82) is 0 Å². The molecule has 1 aliphatic rings. The third-order valence-electron chi connectivity index (χ3n) is 8.03. The van der Waals surface area contributed by atoms with Crippen molar-refractivity contribution in [2.45, 2.75) is 97.4 Å². The topological polar surface area (TPSA) is 152 Å². The molecule has 242 valence electrons. The van der Waals surface area contributed by atoms with Crippen LogP contribution in [0.15, 0.2) is 29.8 Å². The maximum absolute atomic E-state index is 13.8. The summed E-state index contributed by atoms with van der Waals surface area (Å²) in [6.07, 6.45) is 1.44. The highest BCUT2D eigenvalue weighted by Gasteiger charge is 2.44. The number of aromatic nitrogens is 1. The lowest BCUT2D eigenvalue weighted by Crippen LogP contribution is -2.57. The summed E-state index contributed by atoms with van der Waals surface area (Å²) in [7, 11) is 1.53. The van der Waals surface area contributed by atoms with Gasteiger partial charge in [-0.1, -0.05) is 57.9 Å². The van der Waals surface area contributed by atoms with Crippen molar-refractivity contribution in [2.24, 2.45) is 5.41 Å². The number of carbonyl (C=O) groups excluding carboxylic acids is 3. The van der Waals surface area contributed by atoms with Crippen molar-refractivity contribution in [3.8, 4) is 10.4 Å². The van der Waals surface area contributed by atoms with Crippen molar-refractivity contribution in [3.05, 3.63) is 41.0 Å². The van der Waals surface area contributed by atoms with Gasteiger partial charge in [-0.25, -0.2) is 9.78 Å². The van der Waals surface area contributed by atoms with Gasteiger partial charge >= 0.3 is 6.09 Å². The van der Waals surface area contributed by atoms with Gasteiger partial charge in [0.2, 0.25) is 17.7 Å². The largest absolute Gasteiger partial charge is 0.465 e. The summed E-state index contributed by atoms with van der Waals surface area (Å²) >= 11 is 1.58. The third kappa shape index (κ3) is 9.49. The second-order valence-corrected chi connectivity index (χ2v) is 13.6. The Balaban J connectivity index is 1.58. The molecule has 0 unspecified atom stereocenters. The van der Waals surface area contributed by atoms with Crippen LogP contribution in [0.5, 0.6) is 0 Å². The van der Waals surface area contributed by atoms with E-state index in [1.807, 2.05) is 64.4 Å². The SMILES string of the molecule is Cc1ncsc1-c1ccc([C@H](C)NC(=O)[C@@H]2C[C@@H](O)CN2C(=O)[C@@H](NC(=O)CCCCCCN(C)C(=O)O)C(C)(C)C)cc1. The van der Waals surface area contributed by atoms with E-state index in [1.165, 1.54) is 16.8 Å². The molecule has 0 saturated carbocycles. The van der Waals surface area contributed by atoms with Crippen LogP contribution in [0.3, 0.4) is 0 Å². The van der Waals surface area contributed by atoms with Crippen LogP contribution in [0.2, 0.25) is 0 Å². The van der Waals surface area contributed by atoms with E-state index in [1.54, 1.807) is 11.3 Å². The van der Waals surface area contributed by atoms with Gasteiger partial charge in [0.05, 0.1) is 28.2 Å². The van der Waals surface area contributed by atoms with Crippen LogP contribution in [-0.4, -0.2) is 87.1 Å². The maximum Gasteiger partial charge on any atom is 0.407 e. The van der Waals surface area contributed by atoms with Gasteiger partial charge in [0.1, 0.15) is 12.1 Å².